The SMILES string of the molecule is COC(=O)c1cnc(Cl)c(C)c1Nc1ccccc1C. The lowest BCUT2D eigenvalue weighted by atomic mass is 10.1. The van der Waals surface area contributed by atoms with Crippen LogP contribution in [0.2, 0.25) is 5.15 Å². The van der Waals surface area contributed by atoms with E-state index < -0.39 is 5.97 Å². The second-order valence-corrected chi connectivity index (χ2v) is 4.75. The van der Waals surface area contributed by atoms with Crippen LogP contribution in [0.5, 0.6) is 0 Å². The van der Waals surface area contributed by atoms with Crippen LogP contribution in [-0.4, -0.2) is 18.1 Å². The maximum absolute atomic E-state index is 11.8. The summed E-state index contributed by atoms with van der Waals surface area (Å²) < 4.78 is 4.78. The summed E-state index contributed by atoms with van der Waals surface area (Å²) in [7, 11) is 1.34. The zero-order valence-electron chi connectivity index (χ0n) is 11.5. The number of hydrogen-bond acceptors (Lipinski definition) is 4. The minimum atomic E-state index is -0.451. The summed E-state index contributed by atoms with van der Waals surface area (Å²) in [4.78, 5) is 15.8. The van der Waals surface area contributed by atoms with Gasteiger partial charge in [0.15, 0.2) is 0 Å². The summed E-state index contributed by atoms with van der Waals surface area (Å²) in [5.41, 5.74) is 3.65. The van der Waals surface area contributed by atoms with Gasteiger partial charge in [0, 0.05) is 17.4 Å². The maximum atomic E-state index is 11.8. The number of nitrogens with zero attached hydrogens (tertiary/aromatic N) is 1. The number of rotatable bonds is 3. The van der Waals surface area contributed by atoms with Crippen molar-refractivity contribution in [3.8, 4) is 0 Å². The molecule has 0 unspecified atom stereocenters. The topological polar surface area (TPSA) is 51.2 Å². The number of ether oxygens (including phenoxy) is 1. The largest absolute Gasteiger partial charge is 0.465 e. The van der Waals surface area contributed by atoms with E-state index in [0.29, 0.717) is 22.0 Å². The Bertz CT molecular complexity index is 656. The molecular weight excluding hydrogens is 276 g/mol. The van der Waals surface area contributed by atoms with Gasteiger partial charge in [-0.05, 0) is 25.5 Å². The molecule has 2 rings (SSSR count). The molecule has 1 heterocycles. The van der Waals surface area contributed by atoms with E-state index in [1.165, 1.54) is 13.3 Å². The van der Waals surface area contributed by atoms with Crippen LogP contribution in [0.25, 0.3) is 0 Å². The number of pyridine rings is 1. The average Bonchev–Trinajstić information content (AvgIpc) is 2.45. The summed E-state index contributed by atoms with van der Waals surface area (Å²) in [6.45, 7) is 3.79. The first-order valence-corrected chi connectivity index (χ1v) is 6.48. The molecule has 20 heavy (non-hydrogen) atoms. The smallest absolute Gasteiger partial charge is 0.341 e. The van der Waals surface area contributed by atoms with Crippen LogP contribution in [0, 0.1) is 13.8 Å². The Labute approximate surface area is 122 Å². The Kier molecular flexibility index (Phi) is 4.25. The highest BCUT2D eigenvalue weighted by Gasteiger charge is 2.17. The molecule has 0 aliphatic carbocycles. The molecule has 0 atom stereocenters. The monoisotopic (exact) mass is 290 g/mol. The number of methoxy groups -OCH3 is 1. The highest BCUT2D eigenvalue weighted by Crippen LogP contribution is 2.30. The lowest BCUT2D eigenvalue weighted by Gasteiger charge is -2.15. The first-order valence-electron chi connectivity index (χ1n) is 6.10. The number of nitrogens with one attached hydrogen (secondary N) is 1. The molecule has 0 aliphatic heterocycles. The molecule has 104 valence electrons. The average molecular weight is 291 g/mol. The molecule has 0 aliphatic rings. The van der Waals surface area contributed by atoms with Gasteiger partial charge in [-0.1, -0.05) is 29.8 Å². The van der Waals surface area contributed by atoms with Crippen LogP contribution >= 0.6 is 11.6 Å². The molecule has 4 nitrogen and oxygen atoms in total. The van der Waals surface area contributed by atoms with Crippen molar-refractivity contribution in [1.29, 1.82) is 0 Å². The molecule has 0 saturated carbocycles. The fraction of sp³-hybridized carbons (Fsp3) is 0.200. The molecular formula is C15H15ClN2O2. The highest BCUT2D eigenvalue weighted by molar-refractivity contribution is 6.30. The fourth-order valence-corrected chi connectivity index (χ4v) is 2.00. The molecule has 2 aromatic rings. The Balaban J connectivity index is 2.52. The van der Waals surface area contributed by atoms with Crippen molar-refractivity contribution in [2.45, 2.75) is 13.8 Å². The van der Waals surface area contributed by atoms with Crippen LogP contribution < -0.4 is 5.32 Å². The molecule has 5 heteroatoms. The van der Waals surface area contributed by atoms with Gasteiger partial charge in [0.25, 0.3) is 0 Å². The van der Waals surface area contributed by atoms with Crippen molar-refractivity contribution in [2.75, 3.05) is 12.4 Å². The zero-order chi connectivity index (χ0) is 14.7. The summed E-state index contributed by atoms with van der Waals surface area (Å²) in [6, 6.07) is 7.79. The van der Waals surface area contributed by atoms with E-state index in [1.54, 1.807) is 0 Å². The van der Waals surface area contributed by atoms with Gasteiger partial charge in [0.2, 0.25) is 0 Å². The van der Waals surface area contributed by atoms with Crippen LogP contribution in [0.15, 0.2) is 30.5 Å². The number of aryl methyl sites for hydroxylation is 1. The van der Waals surface area contributed by atoms with Crippen LogP contribution in [-0.2, 0) is 4.74 Å². The predicted molar refractivity (Wildman–Crippen MR) is 79.8 cm³/mol. The number of esters is 1. The predicted octanol–water partition coefficient (Wildman–Crippen LogP) is 3.88. The van der Waals surface area contributed by atoms with Gasteiger partial charge in [0.05, 0.1) is 12.8 Å². The number of carbonyl (C=O) groups is 1. The third-order valence-corrected chi connectivity index (χ3v) is 3.45. The van der Waals surface area contributed by atoms with Gasteiger partial charge >= 0.3 is 5.97 Å². The molecule has 0 fully saturated rings. The van der Waals surface area contributed by atoms with E-state index in [1.807, 2.05) is 38.1 Å². The quantitative estimate of drug-likeness (QED) is 0.688. The summed E-state index contributed by atoms with van der Waals surface area (Å²) >= 11 is 6.04. The lowest BCUT2D eigenvalue weighted by molar-refractivity contribution is 0.0601. The first kappa shape index (κ1) is 14.3. The van der Waals surface area contributed by atoms with Crippen molar-refractivity contribution in [3.05, 3.63) is 52.3 Å². The van der Waals surface area contributed by atoms with E-state index in [4.69, 9.17) is 16.3 Å². The van der Waals surface area contributed by atoms with Gasteiger partial charge < -0.3 is 10.1 Å². The highest BCUT2D eigenvalue weighted by atomic mass is 35.5. The van der Waals surface area contributed by atoms with Crippen LogP contribution in [0.4, 0.5) is 11.4 Å². The summed E-state index contributed by atoms with van der Waals surface area (Å²) in [6.07, 6.45) is 1.42. The fourth-order valence-electron chi connectivity index (χ4n) is 1.86. The third kappa shape index (κ3) is 2.75. The molecule has 0 saturated heterocycles. The van der Waals surface area contributed by atoms with Gasteiger partial charge in [0.1, 0.15) is 10.7 Å². The van der Waals surface area contributed by atoms with Crippen molar-refractivity contribution >= 4 is 28.9 Å². The Morgan fingerprint density at radius 3 is 2.65 bits per heavy atom. The second kappa shape index (κ2) is 5.92. The summed E-state index contributed by atoms with van der Waals surface area (Å²) in [5, 5.41) is 3.60. The number of halogens is 1. The molecule has 0 amide bonds. The second-order valence-electron chi connectivity index (χ2n) is 4.39. The minimum absolute atomic E-state index is 0.355. The molecule has 1 N–H and O–H groups in total. The third-order valence-electron chi connectivity index (χ3n) is 3.07. The molecule has 1 aromatic carbocycles. The van der Waals surface area contributed by atoms with E-state index in [-0.39, 0.29) is 0 Å². The number of benzene rings is 1. The van der Waals surface area contributed by atoms with Crippen LogP contribution in [0.1, 0.15) is 21.5 Å². The number of hydrogen-bond donors (Lipinski definition) is 1. The normalized spacial score (nSPS) is 10.2. The molecule has 1 aromatic heterocycles. The minimum Gasteiger partial charge on any atom is -0.465 e. The van der Waals surface area contributed by atoms with Gasteiger partial charge in [-0.3, -0.25) is 0 Å². The summed E-state index contributed by atoms with van der Waals surface area (Å²) in [5.74, 6) is -0.451. The van der Waals surface area contributed by atoms with E-state index in [9.17, 15) is 4.79 Å². The zero-order valence-corrected chi connectivity index (χ0v) is 12.3. The maximum Gasteiger partial charge on any atom is 0.341 e. The van der Waals surface area contributed by atoms with E-state index in [2.05, 4.69) is 10.3 Å². The number of para-hydroxylation sites is 1. The lowest BCUT2D eigenvalue weighted by Crippen LogP contribution is -2.09. The standard InChI is InChI=1S/C15H15ClN2O2/c1-9-6-4-5-7-12(9)18-13-10(2)14(16)17-8-11(13)15(19)20-3/h4-8H,1-3H3,(H,17,18). The Morgan fingerprint density at radius 2 is 2.00 bits per heavy atom. The van der Waals surface area contributed by atoms with Crippen molar-refractivity contribution in [3.63, 3.8) is 0 Å². The van der Waals surface area contributed by atoms with Crippen molar-refractivity contribution in [1.82, 2.24) is 4.98 Å². The van der Waals surface area contributed by atoms with Gasteiger partial charge in [-0.25, -0.2) is 9.78 Å². The first-order chi connectivity index (χ1) is 9.54. The van der Waals surface area contributed by atoms with Crippen LogP contribution in [0.3, 0.4) is 0 Å². The Hall–Kier alpha value is -2.07. The van der Waals surface area contributed by atoms with Crippen molar-refractivity contribution < 1.29 is 9.53 Å². The van der Waals surface area contributed by atoms with E-state index >= 15 is 0 Å². The number of carbonyl (C=O) groups excluding carboxylic acids is 1. The number of anilines is 2. The molecule has 0 spiro atoms. The van der Waals surface area contributed by atoms with E-state index in [0.717, 1.165) is 11.3 Å². The van der Waals surface area contributed by atoms with Gasteiger partial charge in [-0.15, -0.1) is 0 Å². The van der Waals surface area contributed by atoms with Crippen molar-refractivity contribution in [2.24, 2.45) is 0 Å². The number of aromatic nitrogens is 1. The molecule has 0 radical (unpaired) electrons. The van der Waals surface area contributed by atoms with Gasteiger partial charge in [-0.2, -0.15) is 0 Å². The molecule has 0 bridgehead atoms. The Morgan fingerprint density at radius 1 is 1.30 bits per heavy atom.